The minimum Gasteiger partial charge on any atom is -0.297 e. The maximum absolute atomic E-state index is 10.5. The van der Waals surface area contributed by atoms with E-state index < -0.39 is 5.60 Å². The average Bonchev–Trinajstić information content (AvgIpc) is 1.67. The molecule has 0 fully saturated rings. The van der Waals surface area contributed by atoms with E-state index in [2.05, 4.69) is 4.84 Å². The number of Topliss-reactive ketones (excluding diaryl/α,β-unsaturated/α-hetero) is 1. The topological polar surface area (TPSA) is 52.3 Å². The van der Waals surface area contributed by atoms with Crippen LogP contribution in [0.1, 0.15) is 20.8 Å². The minimum absolute atomic E-state index is 0.0694. The highest BCUT2D eigenvalue weighted by molar-refractivity contribution is 5.83. The Labute approximate surface area is 48.8 Å². The first-order valence-corrected chi connectivity index (χ1v) is 2.39. The van der Waals surface area contributed by atoms with Crippen molar-refractivity contribution < 1.29 is 9.63 Å². The summed E-state index contributed by atoms with van der Waals surface area (Å²) in [6.45, 7) is 4.68. The minimum atomic E-state index is -0.819. The van der Waals surface area contributed by atoms with Gasteiger partial charge in [-0.05, 0) is 20.8 Å². The summed E-state index contributed by atoms with van der Waals surface area (Å²) < 4.78 is 0. The summed E-state index contributed by atoms with van der Waals surface area (Å²) in [5.41, 5.74) is -0.819. The Kier molecular flexibility index (Phi) is 2.12. The van der Waals surface area contributed by atoms with Crippen molar-refractivity contribution in [2.24, 2.45) is 5.90 Å². The number of carbonyl (C=O) groups excluding carboxylic acids is 1. The van der Waals surface area contributed by atoms with E-state index in [0.717, 1.165) is 0 Å². The summed E-state index contributed by atoms with van der Waals surface area (Å²) in [6.07, 6.45) is 0. The van der Waals surface area contributed by atoms with Crippen molar-refractivity contribution in [2.75, 3.05) is 0 Å². The molecule has 48 valence electrons. The van der Waals surface area contributed by atoms with Crippen molar-refractivity contribution in [3.63, 3.8) is 0 Å². The number of carbonyl (C=O) groups is 1. The van der Waals surface area contributed by atoms with Gasteiger partial charge in [-0.1, -0.05) is 0 Å². The van der Waals surface area contributed by atoms with Gasteiger partial charge in [-0.25, -0.2) is 5.90 Å². The van der Waals surface area contributed by atoms with Gasteiger partial charge >= 0.3 is 0 Å². The highest BCUT2D eigenvalue weighted by atomic mass is 16.6. The van der Waals surface area contributed by atoms with Gasteiger partial charge in [0.25, 0.3) is 0 Å². The standard InChI is InChI=1S/C5H11NO2/c1-4(7)5(2,3)8-6/h6H2,1-3H3. The molecule has 0 saturated carbocycles. The van der Waals surface area contributed by atoms with Crippen LogP contribution in [0.4, 0.5) is 0 Å². The molecule has 8 heavy (non-hydrogen) atoms. The lowest BCUT2D eigenvalue weighted by Crippen LogP contribution is -2.35. The molecule has 0 aliphatic rings. The van der Waals surface area contributed by atoms with Crippen molar-refractivity contribution in [1.82, 2.24) is 0 Å². The van der Waals surface area contributed by atoms with Crippen LogP contribution in [0.15, 0.2) is 0 Å². The third-order valence-corrected chi connectivity index (χ3v) is 1.14. The van der Waals surface area contributed by atoms with Crippen LogP contribution in [0, 0.1) is 0 Å². The molecule has 3 nitrogen and oxygen atoms in total. The average molecular weight is 117 g/mol. The molecule has 0 saturated heterocycles. The lowest BCUT2D eigenvalue weighted by atomic mass is 10.1. The van der Waals surface area contributed by atoms with Gasteiger partial charge in [-0.2, -0.15) is 0 Å². The highest BCUT2D eigenvalue weighted by Crippen LogP contribution is 2.05. The second-order valence-electron chi connectivity index (χ2n) is 2.18. The van der Waals surface area contributed by atoms with Gasteiger partial charge in [0, 0.05) is 0 Å². The normalized spacial score (nSPS) is 11.5. The summed E-state index contributed by atoms with van der Waals surface area (Å²) in [4.78, 5) is 14.8. The Bertz CT molecular complexity index is 98.6. The van der Waals surface area contributed by atoms with Crippen LogP contribution in [-0.4, -0.2) is 11.4 Å². The van der Waals surface area contributed by atoms with E-state index in [9.17, 15) is 4.79 Å². The van der Waals surface area contributed by atoms with Crippen LogP contribution in [0.3, 0.4) is 0 Å². The van der Waals surface area contributed by atoms with Crippen molar-refractivity contribution >= 4 is 5.78 Å². The molecule has 0 aliphatic carbocycles. The zero-order valence-electron chi connectivity index (χ0n) is 5.39. The SMILES string of the molecule is CC(=O)C(C)(C)ON. The van der Waals surface area contributed by atoms with Crippen LogP contribution in [0.2, 0.25) is 0 Å². The van der Waals surface area contributed by atoms with Crippen molar-refractivity contribution in [3.8, 4) is 0 Å². The summed E-state index contributed by atoms with van der Waals surface area (Å²) in [6, 6.07) is 0. The number of nitrogens with two attached hydrogens (primary N) is 1. The van der Waals surface area contributed by atoms with Gasteiger partial charge in [-0.3, -0.25) is 9.63 Å². The van der Waals surface area contributed by atoms with Crippen LogP contribution in [0.5, 0.6) is 0 Å². The maximum atomic E-state index is 10.5. The molecule has 0 spiro atoms. The Hall–Kier alpha value is -0.410. The molecule has 2 N–H and O–H groups in total. The molecule has 0 radical (unpaired) electrons. The molecule has 0 bridgehead atoms. The molecule has 0 amide bonds. The molecule has 3 heteroatoms. The monoisotopic (exact) mass is 117 g/mol. The van der Waals surface area contributed by atoms with Gasteiger partial charge in [0.2, 0.25) is 0 Å². The molecule has 0 atom stereocenters. The predicted molar refractivity (Wildman–Crippen MR) is 30.0 cm³/mol. The third kappa shape index (κ3) is 1.60. The summed E-state index contributed by atoms with van der Waals surface area (Å²) >= 11 is 0. The quantitative estimate of drug-likeness (QED) is 0.527. The smallest absolute Gasteiger partial charge is 0.163 e. The zero-order chi connectivity index (χ0) is 6.78. The summed E-state index contributed by atoms with van der Waals surface area (Å²) in [7, 11) is 0. The zero-order valence-corrected chi connectivity index (χ0v) is 5.39. The second-order valence-corrected chi connectivity index (χ2v) is 2.18. The molecule has 0 rings (SSSR count). The van der Waals surface area contributed by atoms with Crippen LogP contribution >= 0.6 is 0 Å². The number of hydrogen-bond donors (Lipinski definition) is 1. The van der Waals surface area contributed by atoms with E-state index in [-0.39, 0.29) is 5.78 Å². The van der Waals surface area contributed by atoms with E-state index in [1.54, 1.807) is 13.8 Å². The Balaban J connectivity index is 3.91. The van der Waals surface area contributed by atoms with Crippen LogP contribution in [0.25, 0.3) is 0 Å². The molecule has 0 aliphatic heterocycles. The second kappa shape index (κ2) is 2.24. The Morgan fingerprint density at radius 2 is 2.00 bits per heavy atom. The fourth-order valence-electron chi connectivity index (χ4n) is 0.0830. The largest absolute Gasteiger partial charge is 0.297 e. The fourth-order valence-corrected chi connectivity index (χ4v) is 0.0830. The lowest BCUT2D eigenvalue weighted by molar-refractivity contribution is -0.138. The number of hydrogen-bond acceptors (Lipinski definition) is 3. The van der Waals surface area contributed by atoms with Gasteiger partial charge in [-0.15, -0.1) is 0 Å². The number of rotatable bonds is 2. The van der Waals surface area contributed by atoms with Gasteiger partial charge in [0.05, 0.1) is 0 Å². The maximum Gasteiger partial charge on any atom is 0.163 e. The molecule has 0 heterocycles. The van der Waals surface area contributed by atoms with Gasteiger partial charge < -0.3 is 0 Å². The van der Waals surface area contributed by atoms with E-state index >= 15 is 0 Å². The summed E-state index contributed by atoms with van der Waals surface area (Å²) in [5, 5.41) is 0. The summed E-state index contributed by atoms with van der Waals surface area (Å²) in [5.74, 6) is 4.72. The molecule has 0 unspecified atom stereocenters. The van der Waals surface area contributed by atoms with E-state index in [0.29, 0.717) is 0 Å². The van der Waals surface area contributed by atoms with Crippen LogP contribution in [-0.2, 0) is 9.63 Å². The molecular weight excluding hydrogens is 106 g/mol. The Morgan fingerprint density at radius 3 is 2.00 bits per heavy atom. The van der Waals surface area contributed by atoms with Crippen molar-refractivity contribution in [1.29, 1.82) is 0 Å². The first kappa shape index (κ1) is 7.59. The van der Waals surface area contributed by atoms with Crippen molar-refractivity contribution in [2.45, 2.75) is 26.4 Å². The van der Waals surface area contributed by atoms with Crippen molar-refractivity contribution in [3.05, 3.63) is 0 Å². The first-order valence-electron chi connectivity index (χ1n) is 2.39. The number of ketones is 1. The van der Waals surface area contributed by atoms with Gasteiger partial charge in [0.1, 0.15) is 5.60 Å². The molecule has 0 aromatic heterocycles. The molecular formula is C5H11NO2. The third-order valence-electron chi connectivity index (χ3n) is 1.14. The van der Waals surface area contributed by atoms with E-state index in [4.69, 9.17) is 5.90 Å². The molecule has 0 aromatic rings. The first-order chi connectivity index (χ1) is 3.50. The highest BCUT2D eigenvalue weighted by Gasteiger charge is 2.22. The van der Waals surface area contributed by atoms with Crippen LogP contribution < -0.4 is 5.90 Å². The van der Waals surface area contributed by atoms with Gasteiger partial charge in [0.15, 0.2) is 5.78 Å². The predicted octanol–water partition coefficient (Wildman–Crippen LogP) is 0.244. The van der Waals surface area contributed by atoms with E-state index in [1.807, 2.05) is 0 Å². The molecule has 0 aromatic carbocycles. The fraction of sp³-hybridized carbons (Fsp3) is 0.800. The van der Waals surface area contributed by atoms with E-state index in [1.165, 1.54) is 6.92 Å². The Morgan fingerprint density at radius 1 is 1.62 bits per heavy atom. The lowest BCUT2D eigenvalue weighted by Gasteiger charge is -2.16.